The van der Waals surface area contributed by atoms with Crippen LogP contribution >= 0.6 is 11.6 Å². The number of nitrogens with zero attached hydrogens (tertiary/aromatic N) is 6. The Balaban J connectivity index is 1.78. The molecule has 0 atom stereocenters. The molecule has 0 spiro atoms. The number of carbonyl (C=O) groups excluding carboxylic acids is 2. The van der Waals surface area contributed by atoms with E-state index in [9.17, 15) is 9.59 Å². The molecule has 4 rings (SSSR count). The van der Waals surface area contributed by atoms with Crippen LogP contribution in [0.4, 0.5) is 5.82 Å². The zero-order valence-electron chi connectivity index (χ0n) is 16.0. The third-order valence-electron chi connectivity index (χ3n) is 4.13. The number of fused-ring (bicyclic) bond motifs is 1. The van der Waals surface area contributed by atoms with Crippen molar-refractivity contribution >= 4 is 40.3 Å². The van der Waals surface area contributed by atoms with Crippen molar-refractivity contribution in [2.45, 2.75) is 13.8 Å². The lowest BCUT2D eigenvalue weighted by atomic mass is 10.3. The van der Waals surface area contributed by atoms with Gasteiger partial charge in [0, 0.05) is 11.1 Å². The summed E-state index contributed by atoms with van der Waals surface area (Å²) >= 11 is 6.09. The fourth-order valence-electron chi connectivity index (χ4n) is 2.91. The molecular weight excluding hydrogens is 410 g/mol. The summed E-state index contributed by atoms with van der Waals surface area (Å²) in [4.78, 5) is 32.4. The Morgan fingerprint density at radius 2 is 2.03 bits per heavy atom. The monoisotopic (exact) mass is 425 g/mol. The number of nitrogens with one attached hydrogen (secondary N) is 1. The van der Waals surface area contributed by atoms with Crippen molar-refractivity contribution in [1.29, 1.82) is 0 Å². The van der Waals surface area contributed by atoms with Crippen LogP contribution in [0.15, 0.2) is 42.9 Å². The van der Waals surface area contributed by atoms with Crippen molar-refractivity contribution in [2.75, 3.05) is 11.9 Å². The van der Waals surface area contributed by atoms with Crippen LogP contribution in [-0.2, 0) is 14.3 Å². The van der Waals surface area contributed by atoms with E-state index in [0.29, 0.717) is 27.6 Å². The molecule has 10 nitrogen and oxygen atoms in total. The molecular formula is C19H16ClN7O3. The molecule has 3 aromatic heterocycles. The molecule has 0 radical (unpaired) electrons. The minimum absolute atomic E-state index is 0.0970. The second-order valence-corrected chi connectivity index (χ2v) is 6.66. The molecule has 0 aliphatic carbocycles. The first-order chi connectivity index (χ1) is 14.5. The van der Waals surface area contributed by atoms with Gasteiger partial charge in [0.25, 0.3) is 0 Å². The van der Waals surface area contributed by atoms with E-state index in [2.05, 4.69) is 25.5 Å². The van der Waals surface area contributed by atoms with Crippen molar-refractivity contribution in [3.63, 3.8) is 0 Å². The highest BCUT2D eigenvalue weighted by molar-refractivity contribution is 6.37. The van der Waals surface area contributed by atoms with Crippen LogP contribution in [0.5, 0.6) is 0 Å². The summed E-state index contributed by atoms with van der Waals surface area (Å²) in [5.41, 5.74) is 1.87. The van der Waals surface area contributed by atoms with Gasteiger partial charge < -0.3 is 10.1 Å². The summed E-state index contributed by atoms with van der Waals surface area (Å²) < 4.78 is 7.77. The Morgan fingerprint density at radius 3 is 2.80 bits per heavy atom. The maximum Gasteiger partial charge on any atom is 0.397 e. The van der Waals surface area contributed by atoms with Gasteiger partial charge in [0.1, 0.15) is 12.1 Å². The molecule has 1 amide bonds. The Morgan fingerprint density at radius 1 is 1.20 bits per heavy atom. The highest BCUT2D eigenvalue weighted by Gasteiger charge is 2.21. The SMILES string of the molecule is CCOC(=O)C(=O)Nc1cc(C)nn1-c1ncnc2c1cnn2-c1cccc(Cl)c1. The minimum Gasteiger partial charge on any atom is -0.459 e. The second-order valence-electron chi connectivity index (χ2n) is 6.23. The second kappa shape index (κ2) is 7.91. The molecule has 0 unspecified atom stereocenters. The molecule has 3 heterocycles. The molecule has 0 saturated heterocycles. The first kappa shape index (κ1) is 19.5. The fraction of sp³-hybridized carbons (Fsp3) is 0.158. The van der Waals surface area contributed by atoms with Gasteiger partial charge in [-0.3, -0.25) is 4.79 Å². The third-order valence-corrected chi connectivity index (χ3v) is 4.37. The van der Waals surface area contributed by atoms with Crippen LogP contribution < -0.4 is 5.32 Å². The molecule has 0 aliphatic rings. The third kappa shape index (κ3) is 3.60. The summed E-state index contributed by atoms with van der Waals surface area (Å²) in [5.74, 6) is -1.23. The van der Waals surface area contributed by atoms with E-state index in [1.807, 2.05) is 12.1 Å². The molecule has 0 bridgehead atoms. The molecule has 30 heavy (non-hydrogen) atoms. The summed E-state index contributed by atoms with van der Waals surface area (Å²) in [6.45, 7) is 3.47. The number of halogens is 1. The topological polar surface area (TPSA) is 117 Å². The molecule has 0 fully saturated rings. The van der Waals surface area contributed by atoms with Crippen LogP contribution in [0, 0.1) is 6.92 Å². The number of aryl methyl sites for hydroxylation is 1. The zero-order chi connectivity index (χ0) is 21.3. The number of aromatic nitrogens is 6. The highest BCUT2D eigenvalue weighted by atomic mass is 35.5. The molecule has 0 aliphatic heterocycles. The van der Waals surface area contributed by atoms with E-state index in [4.69, 9.17) is 16.3 Å². The molecule has 1 N–H and O–H groups in total. The van der Waals surface area contributed by atoms with E-state index in [1.54, 1.807) is 42.9 Å². The van der Waals surface area contributed by atoms with Crippen LogP contribution in [0.25, 0.3) is 22.5 Å². The summed E-state index contributed by atoms with van der Waals surface area (Å²) in [6.07, 6.45) is 2.97. The number of benzene rings is 1. The number of hydrogen-bond acceptors (Lipinski definition) is 7. The molecule has 152 valence electrons. The largest absolute Gasteiger partial charge is 0.459 e. The maximum absolute atomic E-state index is 12.1. The van der Waals surface area contributed by atoms with Crippen LogP contribution in [0.2, 0.25) is 5.02 Å². The Labute approximate surface area is 175 Å². The van der Waals surface area contributed by atoms with Crippen LogP contribution in [0.1, 0.15) is 12.6 Å². The Bertz CT molecular complexity index is 1260. The molecule has 4 aromatic rings. The van der Waals surface area contributed by atoms with Gasteiger partial charge in [-0.1, -0.05) is 17.7 Å². The van der Waals surface area contributed by atoms with E-state index in [-0.39, 0.29) is 12.4 Å². The van der Waals surface area contributed by atoms with E-state index in [0.717, 1.165) is 5.69 Å². The van der Waals surface area contributed by atoms with Crippen LogP contribution in [0.3, 0.4) is 0 Å². The lowest BCUT2D eigenvalue weighted by molar-refractivity contribution is -0.152. The van der Waals surface area contributed by atoms with E-state index in [1.165, 1.54) is 11.0 Å². The number of rotatable bonds is 4. The number of anilines is 1. The number of hydrogen-bond donors (Lipinski definition) is 1. The number of amides is 1. The predicted octanol–water partition coefficient (Wildman–Crippen LogP) is 2.46. The maximum atomic E-state index is 12.1. The number of carbonyl (C=O) groups is 2. The van der Waals surface area contributed by atoms with Crippen molar-refractivity contribution in [3.05, 3.63) is 53.6 Å². The average Bonchev–Trinajstić information content (AvgIpc) is 3.31. The first-order valence-electron chi connectivity index (χ1n) is 8.97. The molecule has 1 aromatic carbocycles. The normalized spacial score (nSPS) is 10.9. The van der Waals surface area contributed by atoms with Gasteiger partial charge in [-0.15, -0.1) is 0 Å². The van der Waals surface area contributed by atoms with Crippen LogP contribution in [-0.4, -0.2) is 48.0 Å². The van der Waals surface area contributed by atoms with Crippen molar-refractivity contribution in [2.24, 2.45) is 0 Å². The Hall–Kier alpha value is -3.79. The zero-order valence-corrected chi connectivity index (χ0v) is 16.8. The fourth-order valence-corrected chi connectivity index (χ4v) is 3.10. The first-order valence-corrected chi connectivity index (χ1v) is 9.35. The van der Waals surface area contributed by atoms with Crippen molar-refractivity contribution < 1.29 is 14.3 Å². The Kier molecular flexibility index (Phi) is 5.15. The lowest BCUT2D eigenvalue weighted by Crippen LogP contribution is -2.26. The van der Waals surface area contributed by atoms with Gasteiger partial charge in [-0.05, 0) is 32.0 Å². The summed E-state index contributed by atoms with van der Waals surface area (Å²) in [6, 6.07) is 8.81. The van der Waals surface area contributed by atoms with Gasteiger partial charge >= 0.3 is 11.9 Å². The average molecular weight is 426 g/mol. The van der Waals surface area contributed by atoms with Gasteiger partial charge in [0.15, 0.2) is 11.5 Å². The highest BCUT2D eigenvalue weighted by Crippen LogP contribution is 2.25. The minimum atomic E-state index is -0.982. The molecule has 11 heteroatoms. The lowest BCUT2D eigenvalue weighted by Gasteiger charge is -2.09. The van der Waals surface area contributed by atoms with Gasteiger partial charge in [-0.25, -0.2) is 19.4 Å². The predicted molar refractivity (Wildman–Crippen MR) is 109 cm³/mol. The summed E-state index contributed by atoms with van der Waals surface area (Å²) in [7, 11) is 0. The quantitative estimate of drug-likeness (QED) is 0.394. The van der Waals surface area contributed by atoms with E-state index < -0.39 is 11.9 Å². The van der Waals surface area contributed by atoms with E-state index >= 15 is 0 Å². The van der Waals surface area contributed by atoms with Gasteiger partial charge in [0.2, 0.25) is 0 Å². The van der Waals surface area contributed by atoms with Crippen molar-refractivity contribution in [3.8, 4) is 11.5 Å². The number of esters is 1. The summed E-state index contributed by atoms with van der Waals surface area (Å²) in [5, 5.41) is 12.4. The van der Waals surface area contributed by atoms with Gasteiger partial charge in [0.05, 0.1) is 29.6 Å². The standard InChI is InChI=1S/C19H16ClN7O3/c1-3-30-19(29)18(28)24-15-7-11(2)25-27(15)17-14-9-23-26(16(14)21-10-22-17)13-6-4-5-12(20)8-13/h4-10H,3H2,1-2H3,(H,24,28). The smallest absolute Gasteiger partial charge is 0.397 e. The van der Waals surface area contributed by atoms with Crippen molar-refractivity contribution in [1.82, 2.24) is 29.5 Å². The number of ether oxygens (including phenoxy) is 1. The van der Waals surface area contributed by atoms with Gasteiger partial charge in [-0.2, -0.15) is 14.9 Å². The molecule has 0 saturated carbocycles.